The summed E-state index contributed by atoms with van der Waals surface area (Å²) in [5, 5.41) is 3.74. The normalized spacial score (nSPS) is 31.1. The number of benzene rings is 1. The highest BCUT2D eigenvalue weighted by Gasteiger charge is 2.63. The molecule has 4 nitrogen and oxygen atoms in total. The third-order valence-corrected chi connectivity index (χ3v) is 8.74. The topological polar surface area (TPSA) is 58.4 Å². The lowest BCUT2D eigenvalue weighted by Gasteiger charge is -2.39. The number of hydrogen-bond acceptors (Lipinski definition) is 3. The van der Waals surface area contributed by atoms with Crippen molar-refractivity contribution in [3.05, 3.63) is 35.4 Å². The average Bonchev–Trinajstić information content (AvgIpc) is 2.92. The van der Waals surface area contributed by atoms with Gasteiger partial charge in [-0.05, 0) is 72.6 Å². The van der Waals surface area contributed by atoms with Gasteiger partial charge in [0.15, 0.2) is 0 Å². The van der Waals surface area contributed by atoms with E-state index in [1.165, 1.54) is 31.2 Å². The molecule has 1 aromatic rings. The number of carbonyl (C=O) groups is 1. The van der Waals surface area contributed by atoms with E-state index in [0.717, 1.165) is 25.6 Å². The highest BCUT2D eigenvalue weighted by molar-refractivity contribution is 5.92. The maximum absolute atomic E-state index is 11.5. The summed E-state index contributed by atoms with van der Waals surface area (Å²) in [6.07, 6.45) is 5.06. The third kappa shape index (κ3) is 3.39. The van der Waals surface area contributed by atoms with Crippen molar-refractivity contribution < 1.29 is 4.79 Å². The molecule has 1 aromatic carbocycles. The number of hydrogen-bond donors (Lipinski definition) is 2. The van der Waals surface area contributed by atoms with Crippen LogP contribution in [0.5, 0.6) is 0 Å². The zero-order chi connectivity index (χ0) is 20.1. The number of piperidine rings is 1. The van der Waals surface area contributed by atoms with Gasteiger partial charge in [0.1, 0.15) is 0 Å². The lowest BCUT2D eigenvalue weighted by molar-refractivity contribution is 0.1000. The number of carbonyl (C=O) groups excluding carboxylic acids is 1. The Balaban J connectivity index is 1.29. The van der Waals surface area contributed by atoms with Crippen molar-refractivity contribution in [3.63, 3.8) is 0 Å². The van der Waals surface area contributed by atoms with Crippen LogP contribution in [0.1, 0.15) is 75.2 Å². The zero-order valence-corrected chi connectivity index (χ0v) is 18.0. The van der Waals surface area contributed by atoms with Crippen LogP contribution in [0.25, 0.3) is 0 Å². The van der Waals surface area contributed by atoms with Gasteiger partial charge in [0.05, 0.1) is 0 Å². The molecule has 3 N–H and O–H groups in total. The Labute approximate surface area is 170 Å². The third-order valence-electron chi connectivity index (χ3n) is 8.74. The van der Waals surface area contributed by atoms with Crippen LogP contribution < -0.4 is 11.1 Å². The van der Waals surface area contributed by atoms with Gasteiger partial charge < -0.3 is 11.1 Å². The summed E-state index contributed by atoms with van der Waals surface area (Å²) in [6.45, 7) is 13.0. The quantitative estimate of drug-likeness (QED) is 0.705. The van der Waals surface area contributed by atoms with E-state index in [-0.39, 0.29) is 5.91 Å². The Morgan fingerprint density at radius 3 is 2.36 bits per heavy atom. The number of fused-ring (bicyclic) bond motifs is 2. The van der Waals surface area contributed by atoms with Crippen molar-refractivity contribution in [1.29, 1.82) is 0 Å². The van der Waals surface area contributed by atoms with E-state index in [9.17, 15) is 4.79 Å². The molecule has 2 aliphatic heterocycles. The number of primary amides is 1. The Morgan fingerprint density at radius 1 is 1.14 bits per heavy atom. The first-order valence-corrected chi connectivity index (χ1v) is 11.1. The first kappa shape index (κ1) is 19.9. The molecule has 0 radical (unpaired) electrons. The van der Waals surface area contributed by atoms with Gasteiger partial charge in [0, 0.05) is 30.7 Å². The second-order valence-electron chi connectivity index (χ2n) is 10.5. The van der Waals surface area contributed by atoms with Crippen molar-refractivity contribution in [2.45, 2.75) is 71.4 Å². The highest BCUT2D eigenvalue weighted by atomic mass is 16.1. The lowest BCUT2D eigenvalue weighted by atomic mass is 9.84. The second-order valence-corrected chi connectivity index (χ2v) is 10.5. The molecular formula is C24H37N3O. The van der Waals surface area contributed by atoms with Gasteiger partial charge in [0.2, 0.25) is 5.91 Å². The van der Waals surface area contributed by atoms with Crippen LogP contribution in [0.15, 0.2) is 24.3 Å². The predicted molar refractivity (Wildman–Crippen MR) is 114 cm³/mol. The summed E-state index contributed by atoms with van der Waals surface area (Å²) >= 11 is 0. The monoisotopic (exact) mass is 383 g/mol. The molecule has 3 aliphatic rings. The van der Waals surface area contributed by atoms with Gasteiger partial charge >= 0.3 is 0 Å². The van der Waals surface area contributed by atoms with Gasteiger partial charge in [-0.25, -0.2) is 0 Å². The van der Waals surface area contributed by atoms with Crippen molar-refractivity contribution in [2.24, 2.45) is 22.5 Å². The van der Waals surface area contributed by atoms with E-state index in [0.29, 0.717) is 34.4 Å². The SMILES string of the molecule is CC1(C)C(CNCCN2C3CCC2CC(c2cccc(C(N)=O)c2)C3)C1(C)C. The summed E-state index contributed by atoms with van der Waals surface area (Å²) in [7, 11) is 0. The number of nitrogens with two attached hydrogens (primary N) is 1. The van der Waals surface area contributed by atoms with E-state index in [2.05, 4.69) is 44.0 Å². The largest absolute Gasteiger partial charge is 0.366 e. The second kappa shape index (κ2) is 7.14. The molecule has 4 rings (SSSR count). The van der Waals surface area contributed by atoms with Gasteiger partial charge in [-0.2, -0.15) is 0 Å². The van der Waals surface area contributed by atoms with E-state index in [4.69, 9.17) is 5.73 Å². The molecule has 4 heteroatoms. The lowest BCUT2D eigenvalue weighted by Crippen LogP contribution is -2.45. The highest BCUT2D eigenvalue weighted by Crippen LogP contribution is 2.67. The summed E-state index contributed by atoms with van der Waals surface area (Å²) in [4.78, 5) is 14.3. The van der Waals surface area contributed by atoms with E-state index >= 15 is 0 Å². The molecule has 1 amide bonds. The minimum atomic E-state index is -0.324. The van der Waals surface area contributed by atoms with Crippen LogP contribution in [0.2, 0.25) is 0 Å². The fourth-order valence-corrected chi connectivity index (χ4v) is 6.16. The molecule has 154 valence electrons. The number of nitrogens with one attached hydrogen (secondary N) is 1. The molecule has 1 saturated carbocycles. The van der Waals surface area contributed by atoms with Crippen molar-refractivity contribution in [2.75, 3.05) is 19.6 Å². The number of rotatable bonds is 7. The minimum absolute atomic E-state index is 0.324. The van der Waals surface area contributed by atoms with Crippen molar-refractivity contribution >= 4 is 5.91 Å². The summed E-state index contributed by atoms with van der Waals surface area (Å²) in [5.74, 6) is 1.03. The number of amides is 1. The summed E-state index contributed by atoms with van der Waals surface area (Å²) < 4.78 is 0. The molecular weight excluding hydrogens is 346 g/mol. The maximum atomic E-state index is 11.5. The summed E-state index contributed by atoms with van der Waals surface area (Å²) in [6, 6.07) is 9.38. The fourth-order valence-electron chi connectivity index (χ4n) is 6.16. The van der Waals surface area contributed by atoms with Crippen LogP contribution >= 0.6 is 0 Å². The first-order valence-electron chi connectivity index (χ1n) is 11.1. The van der Waals surface area contributed by atoms with E-state index in [1.807, 2.05) is 18.2 Å². The first-order chi connectivity index (χ1) is 13.2. The molecule has 28 heavy (non-hydrogen) atoms. The number of nitrogens with zero attached hydrogens (tertiary/aromatic N) is 1. The van der Waals surface area contributed by atoms with Crippen molar-refractivity contribution in [1.82, 2.24) is 10.2 Å². The van der Waals surface area contributed by atoms with Gasteiger partial charge in [-0.1, -0.05) is 39.8 Å². The molecule has 2 atom stereocenters. The van der Waals surface area contributed by atoms with E-state index < -0.39 is 0 Å². The van der Waals surface area contributed by atoms with Gasteiger partial charge in [0.25, 0.3) is 0 Å². The Bertz CT molecular complexity index is 713. The standard InChI is InChI=1S/C24H37N3O/c1-23(2)21(24(23,3)4)15-26-10-11-27-19-8-9-20(27)14-18(13-19)16-6-5-7-17(12-16)22(25)28/h5-7,12,18-21,26H,8-11,13-15H2,1-4H3,(H2,25,28). The van der Waals surface area contributed by atoms with Crippen LogP contribution in [0.4, 0.5) is 0 Å². The average molecular weight is 384 g/mol. The fraction of sp³-hybridized carbons (Fsp3) is 0.708. The molecule has 2 unspecified atom stereocenters. The van der Waals surface area contributed by atoms with Crippen LogP contribution in [0, 0.1) is 16.7 Å². The maximum Gasteiger partial charge on any atom is 0.248 e. The Morgan fingerprint density at radius 2 is 1.79 bits per heavy atom. The van der Waals surface area contributed by atoms with Crippen LogP contribution in [-0.2, 0) is 0 Å². The zero-order valence-electron chi connectivity index (χ0n) is 18.0. The molecule has 2 heterocycles. The molecule has 2 saturated heterocycles. The molecule has 3 fully saturated rings. The Kier molecular flexibility index (Phi) is 5.08. The van der Waals surface area contributed by atoms with Gasteiger partial charge in [-0.15, -0.1) is 0 Å². The van der Waals surface area contributed by atoms with Crippen LogP contribution in [0.3, 0.4) is 0 Å². The predicted octanol–water partition coefficient (Wildman–Crippen LogP) is 3.77. The molecule has 1 aliphatic carbocycles. The Hall–Kier alpha value is -1.39. The van der Waals surface area contributed by atoms with E-state index in [1.54, 1.807) is 0 Å². The molecule has 2 bridgehead atoms. The van der Waals surface area contributed by atoms with Gasteiger partial charge in [-0.3, -0.25) is 9.69 Å². The minimum Gasteiger partial charge on any atom is -0.366 e. The van der Waals surface area contributed by atoms with Crippen molar-refractivity contribution in [3.8, 4) is 0 Å². The smallest absolute Gasteiger partial charge is 0.248 e. The summed E-state index contributed by atoms with van der Waals surface area (Å²) in [5.41, 5.74) is 8.35. The molecule has 0 aromatic heterocycles. The van der Waals surface area contributed by atoms with Crippen LogP contribution in [-0.4, -0.2) is 42.5 Å². The molecule has 0 spiro atoms.